The lowest BCUT2D eigenvalue weighted by Gasteiger charge is -2.11. The fourth-order valence-electron chi connectivity index (χ4n) is 1.49. The van der Waals surface area contributed by atoms with Crippen LogP contribution in [0.3, 0.4) is 0 Å². The van der Waals surface area contributed by atoms with Crippen molar-refractivity contribution in [2.45, 2.75) is 22.3 Å². The Balaban J connectivity index is 2.38. The summed E-state index contributed by atoms with van der Waals surface area (Å²) in [6.45, 7) is 1.80. The highest BCUT2D eigenvalue weighted by Gasteiger charge is 2.35. The van der Waals surface area contributed by atoms with E-state index in [-0.39, 0.29) is 0 Å². The zero-order valence-corrected chi connectivity index (χ0v) is 11.7. The Morgan fingerprint density at radius 2 is 2.10 bits per heavy atom. The van der Waals surface area contributed by atoms with Crippen molar-refractivity contribution in [3.63, 3.8) is 0 Å². The Kier molecular flexibility index (Phi) is 4.05. The minimum Gasteiger partial charge on any atom is -0.478 e. The van der Waals surface area contributed by atoms with Gasteiger partial charge < -0.3 is 5.11 Å². The monoisotopic (exact) mass is 319 g/mol. The molecule has 0 aliphatic rings. The number of carboxylic acids is 1. The number of benzene rings is 1. The number of aromatic carboxylic acids is 1. The van der Waals surface area contributed by atoms with E-state index in [0.717, 1.165) is 29.6 Å². The lowest BCUT2D eigenvalue weighted by Crippen LogP contribution is -2.12. The largest absolute Gasteiger partial charge is 0.478 e. The molecule has 20 heavy (non-hydrogen) atoms. The van der Waals surface area contributed by atoms with Crippen LogP contribution < -0.4 is 0 Å². The average Bonchev–Trinajstić information content (AvgIpc) is 2.73. The Labute approximate surface area is 120 Å². The summed E-state index contributed by atoms with van der Waals surface area (Å²) in [5, 5.41) is 10.7. The predicted octanol–water partition coefficient (Wildman–Crippen LogP) is 4.32. The molecule has 3 nitrogen and oxygen atoms in total. The SMILES string of the molecule is Cc1csc(Sc2ccc(C(F)(F)F)c(C(=O)O)c2)n1. The fourth-order valence-corrected chi connectivity index (χ4v) is 3.34. The second-order valence-electron chi connectivity index (χ2n) is 3.87. The first-order chi connectivity index (χ1) is 9.27. The number of hydrogen-bond acceptors (Lipinski definition) is 4. The van der Waals surface area contributed by atoms with E-state index in [4.69, 9.17) is 5.11 Å². The number of aromatic nitrogens is 1. The summed E-state index contributed by atoms with van der Waals surface area (Å²) in [5.41, 5.74) is -1.09. The van der Waals surface area contributed by atoms with Crippen LogP contribution in [-0.4, -0.2) is 16.1 Å². The van der Waals surface area contributed by atoms with Crippen LogP contribution in [-0.2, 0) is 6.18 Å². The van der Waals surface area contributed by atoms with Crippen molar-refractivity contribution in [3.05, 3.63) is 40.4 Å². The van der Waals surface area contributed by atoms with Crippen molar-refractivity contribution >= 4 is 29.1 Å². The van der Waals surface area contributed by atoms with Crippen LogP contribution >= 0.6 is 23.1 Å². The second-order valence-corrected chi connectivity index (χ2v) is 6.05. The molecule has 0 aliphatic heterocycles. The summed E-state index contributed by atoms with van der Waals surface area (Å²) in [5.74, 6) is -1.60. The number of nitrogens with zero attached hydrogens (tertiary/aromatic N) is 1. The molecule has 2 rings (SSSR count). The minimum absolute atomic E-state index is 0.407. The van der Waals surface area contributed by atoms with Crippen LogP contribution in [0.4, 0.5) is 13.2 Å². The van der Waals surface area contributed by atoms with Gasteiger partial charge in [0.2, 0.25) is 0 Å². The van der Waals surface area contributed by atoms with Gasteiger partial charge in [-0.2, -0.15) is 13.2 Å². The second kappa shape index (κ2) is 5.45. The molecule has 0 unspecified atom stereocenters. The molecular formula is C12H8F3NO2S2. The highest BCUT2D eigenvalue weighted by Crippen LogP contribution is 2.36. The van der Waals surface area contributed by atoms with E-state index in [2.05, 4.69) is 4.98 Å². The number of hydrogen-bond donors (Lipinski definition) is 1. The maximum Gasteiger partial charge on any atom is 0.417 e. The van der Waals surface area contributed by atoms with E-state index < -0.39 is 23.3 Å². The van der Waals surface area contributed by atoms with Crippen LogP contribution in [0.5, 0.6) is 0 Å². The number of halogens is 3. The summed E-state index contributed by atoms with van der Waals surface area (Å²) in [7, 11) is 0. The third-order valence-corrected chi connectivity index (χ3v) is 4.38. The summed E-state index contributed by atoms with van der Waals surface area (Å²) in [4.78, 5) is 15.5. The summed E-state index contributed by atoms with van der Waals surface area (Å²) < 4.78 is 38.7. The number of carbonyl (C=O) groups is 1. The van der Waals surface area contributed by atoms with Crippen LogP contribution in [0.1, 0.15) is 21.6 Å². The molecule has 1 heterocycles. The Morgan fingerprint density at radius 1 is 1.40 bits per heavy atom. The third-order valence-electron chi connectivity index (χ3n) is 2.33. The summed E-state index contributed by atoms with van der Waals surface area (Å²) >= 11 is 2.49. The number of thiazole rings is 1. The molecule has 0 saturated heterocycles. The number of rotatable bonds is 3. The van der Waals surface area contributed by atoms with Gasteiger partial charge in [0.15, 0.2) is 4.34 Å². The smallest absolute Gasteiger partial charge is 0.417 e. The molecule has 1 aromatic carbocycles. The maximum atomic E-state index is 12.7. The molecule has 0 aliphatic carbocycles. The third kappa shape index (κ3) is 3.31. The van der Waals surface area contributed by atoms with Gasteiger partial charge in [-0.25, -0.2) is 9.78 Å². The number of aryl methyl sites for hydroxylation is 1. The van der Waals surface area contributed by atoms with Crippen LogP contribution in [0.15, 0.2) is 32.8 Å². The standard InChI is InChI=1S/C12H8F3NO2S2/c1-6-5-19-11(16-6)20-7-2-3-9(12(13,14)15)8(4-7)10(17)18/h2-5H,1H3,(H,17,18). The molecule has 0 amide bonds. The van der Waals surface area contributed by atoms with Gasteiger partial charge in [-0.15, -0.1) is 11.3 Å². The highest BCUT2D eigenvalue weighted by atomic mass is 32.2. The molecule has 106 valence electrons. The Hall–Kier alpha value is -1.54. The molecule has 0 radical (unpaired) electrons. The van der Waals surface area contributed by atoms with Crippen molar-refractivity contribution in [1.82, 2.24) is 4.98 Å². The molecule has 0 fully saturated rings. The Bertz CT molecular complexity index is 652. The lowest BCUT2D eigenvalue weighted by atomic mass is 10.1. The van der Waals surface area contributed by atoms with E-state index in [1.165, 1.54) is 17.4 Å². The van der Waals surface area contributed by atoms with E-state index in [9.17, 15) is 18.0 Å². The molecule has 0 saturated carbocycles. The Morgan fingerprint density at radius 3 is 2.60 bits per heavy atom. The van der Waals surface area contributed by atoms with Crippen molar-refractivity contribution in [1.29, 1.82) is 0 Å². The number of alkyl halides is 3. The fraction of sp³-hybridized carbons (Fsp3) is 0.167. The maximum absolute atomic E-state index is 12.7. The zero-order valence-electron chi connectivity index (χ0n) is 10.1. The molecule has 8 heteroatoms. The molecule has 0 bridgehead atoms. The van der Waals surface area contributed by atoms with Gasteiger partial charge in [0, 0.05) is 16.0 Å². The normalized spacial score (nSPS) is 11.6. The van der Waals surface area contributed by atoms with Crippen molar-refractivity contribution in [3.8, 4) is 0 Å². The van der Waals surface area contributed by atoms with Gasteiger partial charge in [0.05, 0.1) is 11.1 Å². The van der Waals surface area contributed by atoms with Gasteiger partial charge in [0.1, 0.15) is 0 Å². The van der Waals surface area contributed by atoms with Gasteiger partial charge in [-0.1, -0.05) is 11.8 Å². The highest BCUT2D eigenvalue weighted by molar-refractivity contribution is 8.01. The van der Waals surface area contributed by atoms with E-state index in [1.807, 2.05) is 5.38 Å². The first-order valence-corrected chi connectivity index (χ1v) is 7.01. The van der Waals surface area contributed by atoms with Gasteiger partial charge in [-0.05, 0) is 25.1 Å². The van der Waals surface area contributed by atoms with Crippen LogP contribution in [0, 0.1) is 6.92 Å². The first-order valence-electron chi connectivity index (χ1n) is 5.32. The van der Waals surface area contributed by atoms with Crippen molar-refractivity contribution in [2.24, 2.45) is 0 Å². The molecule has 0 atom stereocenters. The van der Waals surface area contributed by atoms with E-state index in [0.29, 0.717) is 9.24 Å². The summed E-state index contributed by atoms with van der Waals surface area (Å²) in [6, 6.07) is 3.05. The molecule has 1 aromatic heterocycles. The topological polar surface area (TPSA) is 50.2 Å². The van der Waals surface area contributed by atoms with Gasteiger partial charge in [-0.3, -0.25) is 0 Å². The molecule has 0 spiro atoms. The zero-order chi connectivity index (χ0) is 14.9. The van der Waals surface area contributed by atoms with Crippen LogP contribution in [0.25, 0.3) is 0 Å². The van der Waals surface area contributed by atoms with Crippen LogP contribution in [0.2, 0.25) is 0 Å². The van der Waals surface area contributed by atoms with Crippen molar-refractivity contribution in [2.75, 3.05) is 0 Å². The van der Waals surface area contributed by atoms with Crippen molar-refractivity contribution < 1.29 is 23.1 Å². The van der Waals surface area contributed by atoms with E-state index >= 15 is 0 Å². The first kappa shape index (κ1) is 14.9. The van der Waals surface area contributed by atoms with E-state index in [1.54, 1.807) is 6.92 Å². The molecular weight excluding hydrogens is 311 g/mol. The lowest BCUT2D eigenvalue weighted by molar-refractivity contribution is -0.138. The summed E-state index contributed by atoms with van der Waals surface area (Å²) in [6.07, 6.45) is -4.69. The van der Waals surface area contributed by atoms with Gasteiger partial charge >= 0.3 is 12.1 Å². The number of carboxylic acid groups (broad SMARTS) is 1. The minimum atomic E-state index is -4.69. The molecule has 1 N–H and O–H groups in total. The quantitative estimate of drug-likeness (QED) is 0.915. The van der Waals surface area contributed by atoms with Gasteiger partial charge in [0.25, 0.3) is 0 Å². The molecule has 2 aromatic rings. The average molecular weight is 319 g/mol. The predicted molar refractivity (Wildman–Crippen MR) is 69.4 cm³/mol.